The van der Waals surface area contributed by atoms with Crippen molar-refractivity contribution in [3.63, 3.8) is 0 Å². The SMILES string of the molecule is CN(CC(=O)NCc1ccc(F)cc1)C[C@H]1CCS(=O)(=O)C1. The Balaban J connectivity index is 1.71. The number of hydrogen-bond acceptors (Lipinski definition) is 4. The summed E-state index contributed by atoms with van der Waals surface area (Å²) in [4.78, 5) is 13.7. The molecule has 1 heterocycles. The van der Waals surface area contributed by atoms with Crippen molar-refractivity contribution in [1.82, 2.24) is 10.2 Å². The van der Waals surface area contributed by atoms with E-state index >= 15 is 0 Å². The van der Waals surface area contributed by atoms with Gasteiger partial charge in [0.15, 0.2) is 9.84 Å². The average molecular weight is 328 g/mol. The van der Waals surface area contributed by atoms with Gasteiger partial charge in [-0.2, -0.15) is 0 Å². The fourth-order valence-corrected chi connectivity index (χ4v) is 4.47. The average Bonchev–Trinajstić information content (AvgIpc) is 2.77. The highest BCUT2D eigenvalue weighted by atomic mass is 32.2. The third-order valence-corrected chi connectivity index (χ3v) is 5.55. The summed E-state index contributed by atoms with van der Waals surface area (Å²) in [6, 6.07) is 5.97. The largest absolute Gasteiger partial charge is 0.351 e. The highest BCUT2D eigenvalue weighted by molar-refractivity contribution is 7.91. The zero-order valence-electron chi connectivity index (χ0n) is 12.6. The van der Waals surface area contributed by atoms with Crippen LogP contribution in [0.2, 0.25) is 0 Å². The fraction of sp³-hybridized carbons (Fsp3) is 0.533. The number of carbonyl (C=O) groups excluding carboxylic acids is 1. The van der Waals surface area contributed by atoms with Crippen molar-refractivity contribution in [3.05, 3.63) is 35.6 Å². The van der Waals surface area contributed by atoms with Crippen LogP contribution in [-0.4, -0.2) is 50.9 Å². The van der Waals surface area contributed by atoms with Gasteiger partial charge < -0.3 is 5.32 Å². The van der Waals surface area contributed by atoms with Gasteiger partial charge in [0.2, 0.25) is 5.91 Å². The van der Waals surface area contributed by atoms with Gasteiger partial charge in [0.1, 0.15) is 5.82 Å². The molecule has 0 bridgehead atoms. The van der Waals surface area contributed by atoms with Crippen molar-refractivity contribution in [2.45, 2.75) is 13.0 Å². The van der Waals surface area contributed by atoms with E-state index in [2.05, 4.69) is 5.32 Å². The molecule has 0 spiro atoms. The summed E-state index contributed by atoms with van der Waals surface area (Å²) in [5, 5.41) is 2.77. The Hall–Kier alpha value is -1.47. The molecule has 1 fully saturated rings. The Bertz CT molecular complexity index is 616. The molecule has 7 heteroatoms. The van der Waals surface area contributed by atoms with Crippen LogP contribution in [0.25, 0.3) is 0 Å². The minimum absolute atomic E-state index is 0.111. The fourth-order valence-electron chi connectivity index (χ4n) is 2.63. The second kappa shape index (κ2) is 7.19. The monoisotopic (exact) mass is 328 g/mol. The highest BCUT2D eigenvalue weighted by Gasteiger charge is 2.28. The summed E-state index contributed by atoms with van der Waals surface area (Å²) in [6.45, 7) is 1.17. The second-order valence-corrected chi connectivity index (χ2v) is 8.10. The molecule has 5 nitrogen and oxygen atoms in total. The van der Waals surface area contributed by atoms with Crippen LogP contribution in [0.15, 0.2) is 24.3 Å². The molecule has 1 amide bonds. The molecule has 0 radical (unpaired) electrons. The Kier molecular flexibility index (Phi) is 5.52. The highest BCUT2D eigenvalue weighted by Crippen LogP contribution is 2.18. The van der Waals surface area contributed by atoms with Gasteiger partial charge >= 0.3 is 0 Å². The molecule has 1 N–H and O–H groups in total. The molecule has 0 unspecified atom stereocenters. The number of amides is 1. The summed E-state index contributed by atoms with van der Waals surface area (Å²) in [5.74, 6) is 0.144. The van der Waals surface area contributed by atoms with E-state index in [-0.39, 0.29) is 35.7 Å². The van der Waals surface area contributed by atoms with Crippen LogP contribution in [-0.2, 0) is 21.2 Å². The number of hydrogen-bond donors (Lipinski definition) is 1. The molecule has 1 aromatic carbocycles. The number of likely N-dealkylation sites (N-methyl/N-ethyl adjacent to an activating group) is 1. The molecular formula is C15H21FN2O3S. The van der Waals surface area contributed by atoms with Gasteiger partial charge in [-0.1, -0.05) is 12.1 Å². The quantitative estimate of drug-likeness (QED) is 0.839. The number of sulfone groups is 1. The Morgan fingerprint density at radius 3 is 2.64 bits per heavy atom. The first kappa shape index (κ1) is 16.9. The first-order chi connectivity index (χ1) is 10.3. The van der Waals surface area contributed by atoms with Crippen molar-refractivity contribution < 1.29 is 17.6 Å². The molecule has 1 aliphatic rings. The lowest BCUT2D eigenvalue weighted by Gasteiger charge is -2.19. The van der Waals surface area contributed by atoms with Crippen LogP contribution < -0.4 is 5.32 Å². The lowest BCUT2D eigenvalue weighted by molar-refractivity contribution is -0.122. The summed E-state index contributed by atoms with van der Waals surface area (Å²) >= 11 is 0. The van der Waals surface area contributed by atoms with E-state index in [0.717, 1.165) is 5.56 Å². The minimum Gasteiger partial charge on any atom is -0.351 e. The molecule has 2 rings (SSSR count). The van der Waals surface area contributed by atoms with Gasteiger partial charge in [-0.05, 0) is 37.1 Å². The topological polar surface area (TPSA) is 66.5 Å². The van der Waals surface area contributed by atoms with Crippen LogP contribution in [0.4, 0.5) is 4.39 Å². The van der Waals surface area contributed by atoms with Gasteiger partial charge in [0, 0.05) is 13.1 Å². The lowest BCUT2D eigenvalue weighted by atomic mass is 10.1. The van der Waals surface area contributed by atoms with E-state index in [1.165, 1.54) is 12.1 Å². The molecule has 122 valence electrons. The summed E-state index contributed by atoms with van der Waals surface area (Å²) < 4.78 is 35.6. The van der Waals surface area contributed by atoms with E-state index < -0.39 is 9.84 Å². The molecule has 0 aliphatic carbocycles. The van der Waals surface area contributed by atoms with E-state index in [1.807, 2.05) is 11.9 Å². The number of rotatable bonds is 6. The molecule has 1 atom stereocenters. The third-order valence-electron chi connectivity index (χ3n) is 3.71. The first-order valence-electron chi connectivity index (χ1n) is 7.24. The van der Waals surface area contributed by atoms with Gasteiger partial charge in [-0.3, -0.25) is 9.69 Å². The maximum Gasteiger partial charge on any atom is 0.234 e. The van der Waals surface area contributed by atoms with Crippen LogP contribution in [0.3, 0.4) is 0 Å². The van der Waals surface area contributed by atoms with E-state index in [1.54, 1.807) is 12.1 Å². The number of halogens is 1. The predicted molar refractivity (Wildman–Crippen MR) is 82.5 cm³/mol. The zero-order chi connectivity index (χ0) is 16.2. The normalized spacial score (nSPS) is 20.2. The molecular weight excluding hydrogens is 307 g/mol. The number of carbonyl (C=O) groups is 1. The third kappa shape index (κ3) is 5.38. The summed E-state index contributed by atoms with van der Waals surface area (Å²) in [7, 11) is -1.07. The second-order valence-electron chi connectivity index (χ2n) is 5.87. The predicted octanol–water partition coefficient (Wildman–Crippen LogP) is 0.808. The number of nitrogens with one attached hydrogen (secondary N) is 1. The van der Waals surface area contributed by atoms with Crippen molar-refractivity contribution >= 4 is 15.7 Å². The van der Waals surface area contributed by atoms with Crippen LogP contribution in [0, 0.1) is 11.7 Å². The molecule has 1 aliphatic heterocycles. The number of nitrogens with zero attached hydrogens (tertiary/aromatic N) is 1. The van der Waals surface area contributed by atoms with Crippen molar-refractivity contribution in [3.8, 4) is 0 Å². The van der Waals surface area contributed by atoms with Crippen LogP contribution >= 0.6 is 0 Å². The van der Waals surface area contributed by atoms with Gasteiger partial charge in [0.05, 0.1) is 18.1 Å². The molecule has 22 heavy (non-hydrogen) atoms. The van der Waals surface area contributed by atoms with E-state index in [0.29, 0.717) is 19.5 Å². The van der Waals surface area contributed by atoms with Crippen LogP contribution in [0.1, 0.15) is 12.0 Å². The summed E-state index contributed by atoms with van der Waals surface area (Å²) in [5.41, 5.74) is 0.833. The number of benzene rings is 1. The minimum atomic E-state index is -2.88. The molecule has 0 saturated carbocycles. The van der Waals surface area contributed by atoms with E-state index in [9.17, 15) is 17.6 Å². The van der Waals surface area contributed by atoms with Crippen molar-refractivity contribution in [2.24, 2.45) is 5.92 Å². The van der Waals surface area contributed by atoms with Gasteiger partial charge in [0.25, 0.3) is 0 Å². The van der Waals surface area contributed by atoms with Gasteiger partial charge in [-0.25, -0.2) is 12.8 Å². The van der Waals surface area contributed by atoms with Crippen molar-refractivity contribution in [1.29, 1.82) is 0 Å². The van der Waals surface area contributed by atoms with E-state index in [4.69, 9.17) is 0 Å². The van der Waals surface area contributed by atoms with Crippen LogP contribution in [0.5, 0.6) is 0 Å². The summed E-state index contributed by atoms with van der Waals surface area (Å²) in [6.07, 6.45) is 0.671. The lowest BCUT2D eigenvalue weighted by Crippen LogP contribution is -2.37. The maximum absolute atomic E-state index is 12.8. The van der Waals surface area contributed by atoms with Gasteiger partial charge in [-0.15, -0.1) is 0 Å². The van der Waals surface area contributed by atoms with Crippen molar-refractivity contribution in [2.75, 3.05) is 31.6 Å². The molecule has 0 aromatic heterocycles. The Morgan fingerprint density at radius 1 is 1.36 bits per heavy atom. The Labute approximate surface area is 130 Å². The molecule has 1 saturated heterocycles. The maximum atomic E-state index is 12.8. The Morgan fingerprint density at radius 2 is 2.05 bits per heavy atom. The zero-order valence-corrected chi connectivity index (χ0v) is 13.4. The smallest absolute Gasteiger partial charge is 0.234 e. The molecule has 1 aromatic rings. The first-order valence-corrected chi connectivity index (χ1v) is 9.06. The standard InChI is InChI=1S/C15H21FN2O3S/c1-18(9-13-6-7-22(20,21)11-13)10-15(19)17-8-12-2-4-14(16)5-3-12/h2-5,13H,6-11H2,1H3,(H,17,19)/t13-/m1/s1.